The Balaban J connectivity index is 1.53. The minimum atomic E-state index is -0.262. The summed E-state index contributed by atoms with van der Waals surface area (Å²) in [6.45, 7) is 3.01. The van der Waals surface area contributed by atoms with Crippen molar-refractivity contribution < 1.29 is 18.6 Å². The summed E-state index contributed by atoms with van der Waals surface area (Å²) in [7, 11) is 1.59. The molecule has 9 heteroatoms. The molecular weight excluding hydrogens is 413 g/mol. The summed E-state index contributed by atoms with van der Waals surface area (Å²) >= 11 is 0. The molecule has 0 fully saturated rings. The summed E-state index contributed by atoms with van der Waals surface area (Å²) in [6.07, 6.45) is 1.61. The summed E-state index contributed by atoms with van der Waals surface area (Å²) in [5, 5.41) is 11.8. The monoisotopic (exact) mass is 433 g/mol. The molecule has 3 aromatic heterocycles. The van der Waals surface area contributed by atoms with Crippen LogP contribution in [0.5, 0.6) is 17.4 Å². The fourth-order valence-electron chi connectivity index (χ4n) is 4.48. The molecule has 2 aliphatic heterocycles. The molecule has 4 aromatic rings. The van der Waals surface area contributed by atoms with Gasteiger partial charge in [-0.05, 0) is 37.3 Å². The number of rotatable bonds is 2. The van der Waals surface area contributed by atoms with E-state index in [1.165, 1.54) is 6.07 Å². The van der Waals surface area contributed by atoms with Crippen LogP contribution in [0.15, 0.2) is 36.7 Å². The van der Waals surface area contributed by atoms with E-state index in [0.29, 0.717) is 47.6 Å². The van der Waals surface area contributed by atoms with Crippen LogP contribution in [0.4, 0.5) is 10.2 Å². The van der Waals surface area contributed by atoms with Gasteiger partial charge in [0.1, 0.15) is 17.9 Å². The van der Waals surface area contributed by atoms with Crippen molar-refractivity contribution in [2.24, 2.45) is 0 Å². The molecule has 1 atom stereocenters. The predicted molar refractivity (Wildman–Crippen MR) is 115 cm³/mol. The number of benzene rings is 1. The number of hydrogen-bond donors (Lipinski definition) is 1. The van der Waals surface area contributed by atoms with Crippen molar-refractivity contribution in [3.63, 3.8) is 0 Å². The average molecular weight is 433 g/mol. The highest BCUT2D eigenvalue weighted by molar-refractivity contribution is 5.84. The highest BCUT2D eigenvalue weighted by atomic mass is 19.1. The van der Waals surface area contributed by atoms with Crippen molar-refractivity contribution in [3.8, 4) is 28.5 Å². The number of nitrogens with one attached hydrogen (secondary N) is 1. The minimum absolute atomic E-state index is 0.0564. The lowest BCUT2D eigenvalue weighted by molar-refractivity contribution is 0.249. The number of aryl methyl sites for hydroxylation is 1. The number of pyridine rings is 2. The lowest BCUT2D eigenvalue weighted by Crippen LogP contribution is -2.13. The molecule has 0 bridgehead atoms. The number of ether oxygens (including phenoxy) is 3. The number of nitrogens with zero attached hydrogens (tertiary/aromatic N) is 4. The SMILES string of the molecule is COc1nc(C)ccc1-c1cc2c(n3cnnc13)NCc1c(F)ccc3c1[C@@H](CO3)CO2. The topological polar surface area (TPSA) is 82.8 Å². The van der Waals surface area contributed by atoms with Gasteiger partial charge in [-0.3, -0.25) is 4.40 Å². The number of anilines is 1. The lowest BCUT2D eigenvalue weighted by atomic mass is 9.96. The average Bonchev–Trinajstić information content (AvgIpc) is 3.45. The fourth-order valence-corrected chi connectivity index (χ4v) is 4.48. The van der Waals surface area contributed by atoms with Gasteiger partial charge in [0, 0.05) is 34.5 Å². The second-order valence-corrected chi connectivity index (χ2v) is 7.92. The maximum absolute atomic E-state index is 14.7. The molecule has 0 spiro atoms. The third kappa shape index (κ3) is 2.77. The van der Waals surface area contributed by atoms with Crippen LogP contribution in [-0.2, 0) is 6.54 Å². The van der Waals surface area contributed by atoms with Crippen LogP contribution in [0.3, 0.4) is 0 Å². The smallest absolute Gasteiger partial charge is 0.221 e. The zero-order chi connectivity index (χ0) is 21.8. The van der Waals surface area contributed by atoms with E-state index in [1.54, 1.807) is 19.5 Å². The van der Waals surface area contributed by atoms with E-state index < -0.39 is 0 Å². The van der Waals surface area contributed by atoms with Gasteiger partial charge in [0.05, 0.1) is 26.2 Å². The highest BCUT2D eigenvalue weighted by Crippen LogP contribution is 2.42. The maximum atomic E-state index is 14.7. The molecule has 0 amide bonds. The second kappa shape index (κ2) is 7.08. The molecule has 0 aliphatic carbocycles. The van der Waals surface area contributed by atoms with E-state index in [1.807, 2.05) is 29.5 Å². The van der Waals surface area contributed by atoms with Crippen molar-refractivity contribution in [1.29, 1.82) is 0 Å². The summed E-state index contributed by atoms with van der Waals surface area (Å²) < 4.78 is 34.1. The van der Waals surface area contributed by atoms with Crippen molar-refractivity contribution in [1.82, 2.24) is 19.6 Å². The van der Waals surface area contributed by atoms with Gasteiger partial charge in [0.15, 0.2) is 17.2 Å². The molecule has 1 aromatic carbocycles. The quantitative estimate of drug-likeness (QED) is 0.516. The van der Waals surface area contributed by atoms with E-state index in [-0.39, 0.29) is 18.3 Å². The van der Waals surface area contributed by atoms with Crippen molar-refractivity contribution in [2.75, 3.05) is 25.6 Å². The third-order valence-corrected chi connectivity index (χ3v) is 6.00. The first kappa shape index (κ1) is 18.9. The highest BCUT2D eigenvalue weighted by Gasteiger charge is 2.31. The van der Waals surface area contributed by atoms with Gasteiger partial charge in [-0.25, -0.2) is 9.37 Å². The lowest BCUT2D eigenvalue weighted by Gasteiger charge is -2.17. The van der Waals surface area contributed by atoms with Crippen molar-refractivity contribution in [2.45, 2.75) is 19.4 Å². The van der Waals surface area contributed by atoms with Gasteiger partial charge in [-0.1, -0.05) is 0 Å². The van der Waals surface area contributed by atoms with E-state index >= 15 is 0 Å². The van der Waals surface area contributed by atoms with Crippen LogP contribution in [0, 0.1) is 12.7 Å². The fraction of sp³-hybridized carbons (Fsp3) is 0.261. The van der Waals surface area contributed by atoms with Crippen molar-refractivity contribution >= 4 is 11.5 Å². The van der Waals surface area contributed by atoms with Gasteiger partial charge in [-0.2, -0.15) is 0 Å². The van der Waals surface area contributed by atoms with E-state index in [9.17, 15) is 4.39 Å². The summed E-state index contributed by atoms with van der Waals surface area (Å²) in [5.74, 6) is 2.16. The van der Waals surface area contributed by atoms with E-state index in [4.69, 9.17) is 14.2 Å². The standard InChI is InChI=1S/C23H20FN5O3/c1-12-3-4-14(23(27-12)30-2)15-7-19-22(29-11-26-28-21(15)29)25-8-16-17(24)5-6-18-20(16)13(9-31-18)10-32-19/h3-7,11,13,25H,8-10H2,1-2H3/t13-/m0/s1. The van der Waals surface area contributed by atoms with Crippen LogP contribution in [0.2, 0.25) is 0 Å². The molecule has 162 valence electrons. The second-order valence-electron chi connectivity index (χ2n) is 7.92. The van der Waals surface area contributed by atoms with Gasteiger partial charge in [0.2, 0.25) is 5.88 Å². The van der Waals surface area contributed by atoms with E-state index in [0.717, 1.165) is 22.4 Å². The van der Waals surface area contributed by atoms with Gasteiger partial charge in [0.25, 0.3) is 0 Å². The molecule has 0 saturated heterocycles. The van der Waals surface area contributed by atoms with Gasteiger partial charge < -0.3 is 19.5 Å². The number of halogens is 1. The zero-order valence-corrected chi connectivity index (χ0v) is 17.6. The Labute approximate surface area is 183 Å². The summed E-state index contributed by atoms with van der Waals surface area (Å²) in [5.41, 5.74) is 4.48. The first-order chi connectivity index (χ1) is 15.6. The molecule has 2 aliphatic rings. The van der Waals surface area contributed by atoms with E-state index in [2.05, 4.69) is 20.5 Å². The first-order valence-electron chi connectivity index (χ1n) is 10.3. The largest absolute Gasteiger partial charge is 0.493 e. The van der Waals surface area contributed by atoms with Crippen LogP contribution in [0.1, 0.15) is 22.7 Å². The Morgan fingerprint density at radius 1 is 1.12 bits per heavy atom. The van der Waals surface area contributed by atoms with Crippen LogP contribution >= 0.6 is 0 Å². The molecule has 5 heterocycles. The van der Waals surface area contributed by atoms with Crippen LogP contribution < -0.4 is 19.5 Å². The Hall–Kier alpha value is -3.88. The van der Waals surface area contributed by atoms with Gasteiger partial charge >= 0.3 is 0 Å². The molecule has 6 rings (SSSR count). The normalized spacial score (nSPS) is 16.7. The number of hydrogen-bond acceptors (Lipinski definition) is 7. The Morgan fingerprint density at radius 2 is 1.97 bits per heavy atom. The Morgan fingerprint density at radius 3 is 2.81 bits per heavy atom. The molecule has 8 nitrogen and oxygen atoms in total. The molecule has 0 saturated carbocycles. The summed E-state index contributed by atoms with van der Waals surface area (Å²) in [6, 6.07) is 8.91. The molecule has 32 heavy (non-hydrogen) atoms. The van der Waals surface area contributed by atoms with Gasteiger partial charge in [-0.15, -0.1) is 10.2 Å². The number of methoxy groups -OCH3 is 1. The Kier molecular flexibility index (Phi) is 4.17. The number of aromatic nitrogens is 4. The first-order valence-corrected chi connectivity index (χ1v) is 10.3. The van der Waals surface area contributed by atoms with Crippen molar-refractivity contribution in [3.05, 3.63) is 59.3 Å². The minimum Gasteiger partial charge on any atom is -0.493 e. The summed E-state index contributed by atoms with van der Waals surface area (Å²) in [4.78, 5) is 4.49. The predicted octanol–water partition coefficient (Wildman–Crippen LogP) is 3.73. The van der Waals surface area contributed by atoms with Crippen LogP contribution in [0.25, 0.3) is 16.8 Å². The molecular formula is C23H20FN5O3. The molecule has 0 unspecified atom stereocenters. The Bertz CT molecular complexity index is 1370. The maximum Gasteiger partial charge on any atom is 0.221 e. The zero-order valence-electron chi connectivity index (χ0n) is 17.6. The molecule has 1 N–H and O–H groups in total. The third-order valence-electron chi connectivity index (χ3n) is 6.00. The molecule has 0 radical (unpaired) electrons. The van der Waals surface area contributed by atoms with Crippen LogP contribution in [-0.4, -0.2) is 39.9 Å². The number of fused-ring (bicyclic) bond motifs is 3.